The van der Waals surface area contributed by atoms with E-state index in [9.17, 15) is 24.0 Å². The van der Waals surface area contributed by atoms with Crippen LogP contribution in [0.2, 0.25) is 0 Å². The first-order valence-electron chi connectivity index (χ1n) is 7.98. The van der Waals surface area contributed by atoms with E-state index in [2.05, 4.69) is 0 Å². The molecule has 128 valence electrons. The summed E-state index contributed by atoms with van der Waals surface area (Å²) in [7, 11) is 0. The molecule has 3 rings (SSSR count). The van der Waals surface area contributed by atoms with Gasteiger partial charge >= 0.3 is 5.97 Å². The minimum Gasteiger partial charge on any atom is -0.454 e. The number of esters is 1. The molecule has 2 aliphatic heterocycles. The molecule has 0 unspecified atom stereocenters. The van der Waals surface area contributed by atoms with Crippen molar-refractivity contribution in [1.82, 2.24) is 9.80 Å². The topological polar surface area (TPSA) is 101 Å². The van der Waals surface area contributed by atoms with Gasteiger partial charge in [-0.25, -0.2) is 0 Å². The SMILES string of the molecule is O=C(CN1C(=O)[C@H]2CC=CC[C@@H]2C1=O)OCC(=O)N1CCCC1=O. The van der Waals surface area contributed by atoms with Crippen LogP contribution < -0.4 is 0 Å². The van der Waals surface area contributed by atoms with Gasteiger partial charge in [0.05, 0.1) is 11.8 Å². The Morgan fingerprint density at radius 2 is 1.71 bits per heavy atom. The van der Waals surface area contributed by atoms with Gasteiger partial charge in [0.1, 0.15) is 6.54 Å². The second-order valence-electron chi connectivity index (χ2n) is 6.12. The summed E-state index contributed by atoms with van der Waals surface area (Å²) in [5.74, 6) is -3.23. The van der Waals surface area contributed by atoms with Crippen molar-refractivity contribution in [2.45, 2.75) is 25.7 Å². The molecule has 0 aromatic carbocycles. The first-order valence-corrected chi connectivity index (χ1v) is 7.98. The van der Waals surface area contributed by atoms with Crippen molar-refractivity contribution in [1.29, 1.82) is 0 Å². The van der Waals surface area contributed by atoms with E-state index in [1.807, 2.05) is 12.2 Å². The highest BCUT2D eigenvalue weighted by Gasteiger charge is 2.47. The Kier molecular flexibility index (Phi) is 4.46. The molecule has 0 radical (unpaired) electrons. The molecule has 2 atom stereocenters. The van der Waals surface area contributed by atoms with E-state index >= 15 is 0 Å². The molecule has 8 nitrogen and oxygen atoms in total. The summed E-state index contributed by atoms with van der Waals surface area (Å²) in [6, 6.07) is 0. The smallest absolute Gasteiger partial charge is 0.326 e. The molecule has 2 heterocycles. The number of amides is 4. The minimum absolute atomic E-state index is 0.280. The Morgan fingerprint density at radius 3 is 2.25 bits per heavy atom. The Bertz CT molecular complexity index is 614. The van der Waals surface area contributed by atoms with Crippen molar-refractivity contribution in [2.24, 2.45) is 11.8 Å². The van der Waals surface area contributed by atoms with Gasteiger partial charge in [0.15, 0.2) is 6.61 Å². The molecule has 1 aliphatic carbocycles. The van der Waals surface area contributed by atoms with Gasteiger partial charge in [0.25, 0.3) is 5.91 Å². The maximum atomic E-state index is 12.2. The predicted molar refractivity (Wildman–Crippen MR) is 79.0 cm³/mol. The predicted octanol–water partition coefficient (Wildman–Crippen LogP) is -0.370. The largest absolute Gasteiger partial charge is 0.454 e. The zero-order valence-electron chi connectivity index (χ0n) is 13.1. The van der Waals surface area contributed by atoms with Crippen LogP contribution in [0.3, 0.4) is 0 Å². The van der Waals surface area contributed by atoms with Crippen LogP contribution in [0.25, 0.3) is 0 Å². The normalized spacial score (nSPS) is 26.1. The number of carbonyl (C=O) groups is 5. The maximum Gasteiger partial charge on any atom is 0.326 e. The molecule has 8 heteroatoms. The standard InChI is InChI=1S/C16H18N2O6/c19-12-6-3-7-17(12)13(20)9-24-14(21)8-18-15(22)10-4-1-2-5-11(10)16(18)23/h1-2,10-11H,3-9H2/t10-,11-/m0/s1. The van der Waals surface area contributed by atoms with Crippen molar-refractivity contribution in [3.63, 3.8) is 0 Å². The van der Waals surface area contributed by atoms with Crippen LogP contribution in [0.15, 0.2) is 12.2 Å². The van der Waals surface area contributed by atoms with Crippen LogP contribution >= 0.6 is 0 Å². The molecule has 0 N–H and O–H groups in total. The van der Waals surface area contributed by atoms with E-state index in [1.54, 1.807) is 0 Å². The van der Waals surface area contributed by atoms with E-state index < -0.39 is 36.9 Å². The molecule has 0 saturated carbocycles. The molecule has 3 aliphatic rings. The summed E-state index contributed by atoms with van der Waals surface area (Å²) >= 11 is 0. The third-order valence-corrected chi connectivity index (χ3v) is 4.62. The van der Waals surface area contributed by atoms with Gasteiger partial charge in [-0.05, 0) is 19.3 Å². The highest BCUT2D eigenvalue weighted by atomic mass is 16.5. The molecule has 0 bridgehead atoms. The van der Waals surface area contributed by atoms with Gasteiger partial charge in [-0.15, -0.1) is 0 Å². The zero-order chi connectivity index (χ0) is 17.3. The number of imide groups is 2. The summed E-state index contributed by atoms with van der Waals surface area (Å²) < 4.78 is 4.83. The number of hydrogen-bond acceptors (Lipinski definition) is 6. The van der Waals surface area contributed by atoms with E-state index in [-0.39, 0.29) is 17.7 Å². The van der Waals surface area contributed by atoms with Gasteiger partial charge in [-0.1, -0.05) is 12.2 Å². The van der Waals surface area contributed by atoms with Crippen molar-refractivity contribution in [2.75, 3.05) is 19.7 Å². The van der Waals surface area contributed by atoms with E-state index in [0.717, 1.165) is 9.80 Å². The second kappa shape index (κ2) is 6.54. The third kappa shape index (κ3) is 2.95. The van der Waals surface area contributed by atoms with Crippen LogP contribution in [0.4, 0.5) is 0 Å². The van der Waals surface area contributed by atoms with Gasteiger partial charge in [0.2, 0.25) is 17.7 Å². The van der Waals surface area contributed by atoms with E-state index in [0.29, 0.717) is 32.2 Å². The van der Waals surface area contributed by atoms with Gasteiger partial charge in [-0.2, -0.15) is 0 Å². The number of carbonyl (C=O) groups excluding carboxylic acids is 5. The average molecular weight is 334 g/mol. The van der Waals surface area contributed by atoms with Crippen LogP contribution in [0, 0.1) is 11.8 Å². The number of likely N-dealkylation sites (tertiary alicyclic amines) is 2. The fourth-order valence-electron chi connectivity index (χ4n) is 3.33. The van der Waals surface area contributed by atoms with Crippen molar-refractivity contribution in [3.8, 4) is 0 Å². The zero-order valence-corrected chi connectivity index (χ0v) is 13.1. The van der Waals surface area contributed by atoms with Gasteiger partial charge < -0.3 is 4.74 Å². The summed E-state index contributed by atoms with van der Waals surface area (Å²) in [4.78, 5) is 61.5. The molecule has 24 heavy (non-hydrogen) atoms. The van der Waals surface area contributed by atoms with Gasteiger partial charge in [-0.3, -0.25) is 33.8 Å². The lowest BCUT2D eigenvalue weighted by atomic mass is 9.85. The van der Waals surface area contributed by atoms with Crippen LogP contribution in [-0.4, -0.2) is 59.1 Å². The van der Waals surface area contributed by atoms with Crippen LogP contribution in [-0.2, 0) is 28.7 Å². The molecule has 2 saturated heterocycles. The number of ether oxygens (including phenoxy) is 1. The number of rotatable bonds is 4. The monoisotopic (exact) mass is 334 g/mol. The minimum atomic E-state index is -0.830. The third-order valence-electron chi connectivity index (χ3n) is 4.62. The van der Waals surface area contributed by atoms with Gasteiger partial charge in [0, 0.05) is 13.0 Å². The van der Waals surface area contributed by atoms with Crippen LogP contribution in [0.1, 0.15) is 25.7 Å². The molecule has 0 spiro atoms. The second-order valence-corrected chi connectivity index (χ2v) is 6.12. The molecule has 4 amide bonds. The van der Waals surface area contributed by atoms with Crippen molar-refractivity contribution < 1.29 is 28.7 Å². The lowest BCUT2D eigenvalue weighted by Gasteiger charge is -2.16. The molecular formula is C16H18N2O6. The Balaban J connectivity index is 1.52. The number of allylic oxidation sites excluding steroid dienone is 2. The van der Waals surface area contributed by atoms with Crippen molar-refractivity contribution in [3.05, 3.63) is 12.2 Å². The number of fused-ring (bicyclic) bond motifs is 1. The maximum absolute atomic E-state index is 12.2. The number of nitrogens with zero attached hydrogens (tertiary/aromatic N) is 2. The highest BCUT2D eigenvalue weighted by molar-refractivity contribution is 6.07. The molecule has 0 aromatic heterocycles. The number of hydrogen-bond donors (Lipinski definition) is 0. The highest BCUT2D eigenvalue weighted by Crippen LogP contribution is 2.34. The summed E-state index contributed by atoms with van der Waals surface area (Å²) in [6.07, 6.45) is 5.63. The van der Waals surface area contributed by atoms with Crippen LogP contribution in [0.5, 0.6) is 0 Å². The van der Waals surface area contributed by atoms with E-state index in [4.69, 9.17) is 4.74 Å². The lowest BCUT2D eigenvalue weighted by molar-refractivity contribution is -0.157. The Morgan fingerprint density at radius 1 is 1.08 bits per heavy atom. The summed E-state index contributed by atoms with van der Waals surface area (Å²) in [5.41, 5.74) is 0. The summed E-state index contributed by atoms with van der Waals surface area (Å²) in [6.45, 7) is -0.726. The quantitative estimate of drug-likeness (QED) is 0.395. The average Bonchev–Trinajstić information content (AvgIpc) is 3.11. The first-order chi connectivity index (χ1) is 11.5. The first kappa shape index (κ1) is 16.4. The lowest BCUT2D eigenvalue weighted by Crippen LogP contribution is -2.39. The summed E-state index contributed by atoms with van der Waals surface area (Å²) in [5, 5.41) is 0. The van der Waals surface area contributed by atoms with E-state index in [1.165, 1.54) is 0 Å². The molecule has 2 fully saturated rings. The molecule has 0 aromatic rings. The fraction of sp³-hybridized carbons (Fsp3) is 0.562. The fourth-order valence-corrected chi connectivity index (χ4v) is 3.33. The van der Waals surface area contributed by atoms with Crippen molar-refractivity contribution >= 4 is 29.6 Å². The molecular weight excluding hydrogens is 316 g/mol. The Hall–Kier alpha value is -2.51. The Labute approximate surface area is 138 Å².